The van der Waals surface area contributed by atoms with Crippen LogP contribution in [-0.4, -0.2) is 27.0 Å². The Morgan fingerprint density at radius 3 is 2.48 bits per heavy atom. The molecule has 27 heavy (non-hydrogen) atoms. The van der Waals surface area contributed by atoms with Crippen molar-refractivity contribution in [3.8, 4) is 11.4 Å². The Hall–Kier alpha value is -2.37. The molecule has 0 aliphatic rings. The van der Waals surface area contributed by atoms with E-state index in [1.54, 1.807) is 23.1 Å². The van der Waals surface area contributed by atoms with Gasteiger partial charge in [0.2, 0.25) is 11.7 Å². The number of benzene rings is 2. The maximum atomic E-state index is 12.9. The molecule has 0 spiro atoms. The van der Waals surface area contributed by atoms with Gasteiger partial charge in [-0.25, -0.2) is 0 Å². The highest BCUT2D eigenvalue weighted by atomic mass is 35.5. The summed E-state index contributed by atoms with van der Waals surface area (Å²) in [5.41, 5.74) is 2.39. The van der Waals surface area contributed by atoms with Gasteiger partial charge < -0.3 is 9.42 Å². The van der Waals surface area contributed by atoms with Crippen LogP contribution in [0.5, 0.6) is 0 Å². The number of aryl methyl sites for hydroxylation is 1. The van der Waals surface area contributed by atoms with Crippen LogP contribution >= 0.6 is 23.2 Å². The van der Waals surface area contributed by atoms with Crippen molar-refractivity contribution < 1.29 is 9.32 Å². The van der Waals surface area contributed by atoms with Crippen LogP contribution in [0.2, 0.25) is 10.0 Å². The summed E-state index contributed by atoms with van der Waals surface area (Å²) >= 11 is 12.1. The minimum atomic E-state index is -0.221. The number of rotatable bonds is 5. The van der Waals surface area contributed by atoms with E-state index in [2.05, 4.69) is 10.1 Å². The van der Waals surface area contributed by atoms with Crippen molar-refractivity contribution in [3.63, 3.8) is 0 Å². The second-order valence-electron chi connectivity index (χ2n) is 6.53. The van der Waals surface area contributed by atoms with E-state index in [0.29, 0.717) is 27.3 Å². The lowest BCUT2D eigenvalue weighted by molar-refractivity contribution is 0.0667. The van der Waals surface area contributed by atoms with E-state index >= 15 is 0 Å². The van der Waals surface area contributed by atoms with Crippen LogP contribution in [-0.2, 0) is 6.54 Å². The quantitative estimate of drug-likeness (QED) is 0.571. The molecular weight excluding hydrogens is 385 g/mol. The zero-order chi connectivity index (χ0) is 19.6. The third-order valence-corrected chi connectivity index (χ3v) is 4.68. The Kier molecular flexibility index (Phi) is 5.82. The smallest absolute Gasteiger partial charge is 0.256 e. The van der Waals surface area contributed by atoms with Crippen molar-refractivity contribution in [3.05, 3.63) is 69.5 Å². The molecular formula is C20H19Cl2N3O2. The molecule has 3 aromatic rings. The number of amides is 1. The Balaban J connectivity index is 1.82. The zero-order valence-corrected chi connectivity index (χ0v) is 16.8. The lowest BCUT2D eigenvalue weighted by atomic mass is 10.1. The topological polar surface area (TPSA) is 59.2 Å². The van der Waals surface area contributed by atoms with Crippen molar-refractivity contribution in [2.24, 2.45) is 0 Å². The fraction of sp³-hybridized carbons (Fsp3) is 0.250. The van der Waals surface area contributed by atoms with Crippen LogP contribution in [0.3, 0.4) is 0 Å². The van der Waals surface area contributed by atoms with Crippen LogP contribution in [0.4, 0.5) is 0 Å². The first-order valence-corrected chi connectivity index (χ1v) is 9.26. The SMILES string of the molecule is Cc1ccc(-c2noc(CN(C(=O)c3ccc(Cl)cc3Cl)C(C)C)n2)cc1. The van der Waals surface area contributed by atoms with Crippen LogP contribution in [0.15, 0.2) is 47.0 Å². The molecule has 0 aliphatic heterocycles. The molecule has 0 N–H and O–H groups in total. The van der Waals surface area contributed by atoms with E-state index in [9.17, 15) is 4.79 Å². The molecule has 0 unspecified atom stereocenters. The molecule has 1 aromatic heterocycles. The van der Waals surface area contributed by atoms with E-state index < -0.39 is 0 Å². The van der Waals surface area contributed by atoms with Gasteiger partial charge in [0.25, 0.3) is 5.91 Å². The average Bonchev–Trinajstić information content (AvgIpc) is 3.08. The first-order chi connectivity index (χ1) is 12.8. The fourth-order valence-corrected chi connectivity index (χ4v) is 3.08. The molecule has 3 rings (SSSR count). The second-order valence-corrected chi connectivity index (χ2v) is 7.37. The summed E-state index contributed by atoms with van der Waals surface area (Å²) in [6, 6.07) is 12.6. The van der Waals surface area contributed by atoms with Gasteiger partial charge in [-0.15, -0.1) is 0 Å². The summed E-state index contributed by atoms with van der Waals surface area (Å²) in [6.45, 7) is 6.03. The second kappa shape index (κ2) is 8.11. The Morgan fingerprint density at radius 1 is 1.15 bits per heavy atom. The maximum absolute atomic E-state index is 12.9. The summed E-state index contributed by atoms with van der Waals surface area (Å²) < 4.78 is 5.36. The van der Waals surface area contributed by atoms with Crippen LogP contribution in [0.25, 0.3) is 11.4 Å². The van der Waals surface area contributed by atoms with E-state index in [4.69, 9.17) is 27.7 Å². The van der Waals surface area contributed by atoms with E-state index in [1.165, 1.54) is 0 Å². The minimum Gasteiger partial charge on any atom is -0.337 e. The summed E-state index contributed by atoms with van der Waals surface area (Å²) in [4.78, 5) is 19.0. The number of hydrogen-bond acceptors (Lipinski definition) is 4. The third kappa shape index (κ3) is 4.49. The first kappa shape index (κ1) is 19.4. The summed E-state index contributed by atoms with van der Waals surface area (Å²) in [5.74, 6) is 0.630. The fourth-order valence-electron chi connectivity index (χ4n) is 2.59. The molecule has 1 heterocycles. The van der Waals surface area contributed by atoms with Gasteiger partial charge in [0.05, 0.1) is 10.6 Å². The standard InChI is InChI=1S/C20H19Cl2N3O2/c1-12(2)25(20(26)16-9-8-15(21)10-17(16)22)11-18-23-19(24-27-18)14-6-4-13(3)5-7-14/h4-10,12H,11H2,1-3H3. The lowest BCUT2D eigenvalue weighted by Gasteiger charge is -2.25. The summed E-state index contributed by atoms with van der Waals surface area (Å²) in [5, 5.41) is 4.81. The van der Waals surface area contributed by atoms with Gasteiger partial charge in [0.1, 0.15) is 6.54 Å². The molecule has 0 radical (unpaired) electrons. The van der Waals surface area contributed by atoms with Gasteiger partial charge in [-0.3, -0.25) is 4.79 Å². The minimum absolute atomic E-state index is 0.0843. The first-order valence-electron chi connectivity index (χ1n) is 8.51. The summed E-state index contributed by atoms with van der Waals surface area (Å²) in [7, 11) is 0. The van der Waals surface area contributed by atoms with Crippen molar-refractivity contribution in [1.29, 1.82) is 0 Å². The Labute approximate surface area is 167 Å². The van der Waals surface area contributed by atoms with Gasteiger partial charge in [0.15, 0.2) is 0 Å². The molecule has 5 nitrogen and oxygen atoms in total. The van der Waals surface area contributed by atoms with Gasteiger partial charge in [-0.05, 0) is 39.0 Å². The normalized spacial score (nSPS) is 11.0. The third-order valence-electron chi connectivity index (χ3n) is 4.13. The van der Waals surface area contributed by atoms with Gasteiger partial charge in [-0.1, -0.05) is 58.2 Å². The molecule has 2 aromatic carbocycles. The Morgan fingerprint density at radius 2 is 1.85 bits per heavy atom. The van der Waals surface area contributed by atoms with Crippen molar-refractivity contribution in [2.75, 3.05) is 0 Å². The highest BCUT2D eigenvalue weighted by Gasteiger charge is 2.24. The Bertz CT molecular complexity index is 952. The van der Waals surface area contributed by atoms with Gasteiger partial charge in [0, 0.05) is 16.6 Å². The number of carbonyl (C=O) groups is 1. The highest BCUT2D eigenvalue weighted by Crippen LogP contribution is 2.24. The molecule has 0 bridgehead atoms. The molecule has 7 heteroatoms. The van der Waals surface area contributed by atoms with Crippen molar-refractivity contribution in [2.45, 2.75) is 33.4 Å². The van der Waals surface area contributed by atoms with E-state index in [1.807, 2.05) is 45.0 Å². The number of carbonyl (C=O) groups excluding carboxylic acids is 1. The lowest BCUT2D eigenvalue weighted by Crippen LogP contribution is -2.36. The largest absolute Gasteiger partial charge is 0.337 e. The van der Waals surface area contributed by atoms with E-state index in [0.717, 1.165) is 11.1 Å². The number of halogens is 2. The molecule has 0 saturated heterocycles. The van der Waals surface area contributed by atoms with Gasteiger partial charge >= 0.3 is 0 Å². The average molecular weight is 404 g/mol. The number of aromatic nitrogens is 2. The maximum Gasteiger partial charge on any atom is 0.256 e. The highest BCUT2D eigenvalue weighted by molar-refractivity contribution is 6.36. The monoisotopic (exact) mass is 403 g/mol. The molecule has 140 valence electrons. The van der Waals surface area contributed by atoms with Crippen molar-refractivity contribution in [1.82, 2.24) is 15.0 Å². The van der Waals surface area contributed by atoms with Crippen LogP contribution < -0.4 is 0 Å². The van der Waals surface area contributed by atoms with Crippen LogP contribution in [0, 0.1) is 6.92 Å². The molecule has 0 fully saturated rings. The predicted octanol–water partition coefficient (Wildman–Crippen LogP) is 5.40. The molecule has 1 amide bonds. The zero-order valence-electron chi connectivity index (χ0n) is 15.2. The molecule has 0 atom stereocenters. The van der Waals surface area contributed by atoms with Crippen LogP contribution in [0.1, 0.15) is 35.7 Å². The van der Waals surface area contributed by atoms with Gasteiger partial charge in [-0.2, -0.15) is 4.98 Å². The molecule has 0 saturated carbocycles. The summed E-state index contributed by atoms with van der Waals surface area (Å²) in [6.07, 6.45) is 0. The number of nitrogens with zero attached hydrogens (tertiary/aromatic N) is 3. The van der Waals surface area contributed by atoms with Crippen molar-refractivity contribution >= 4 is 29.1 Å². The number of hydrogen-bond donors (Lipinski definition) is 0. The molecule has 0 aliphatic carbocycles. The predicted molar refractivity (Wildman–Crippen MR) is 106 cm³/mol. The van der Waals surface area contributed by atoms with E-state index in [-0.39, 0.29) is 18.5 Å².